The minimum Gasteiger partial charge on any atom is -0.442 e. The van der Waals surface area contributed by atoms with Gasteiger partial charge in [-0.05, 0) is 72.7 Å². The normalized spacial score (nSPS) is 20.6. The zero-order valence-electron chi connectivity index (χ0n) is 19.8. The highest BCUT2D eigenvalue weighted by atomic mass is 16.3. The number of benzene rings is 1. The van der Waals surface area contributed by atoms with Gasteiger partial charge in [0.2, 0.25) is 5.89 Å². The van der Waals surface area contributed by atoms with Crippen LogP contribution in [-0.2, 0) is 10.8 Å². The monoisotopic (exact) mass is 425 g/mol. The number of fused-ring (bicyclic) bond motifs is 1. The van der Waals surface area contributed by atoms with Crippen LogP contribution in [0.4, 0.5) is 5.82 Å². The predicted octanol–water partition coefficient (Wildman–Crippen LogP) is 4.98. The van der Waals surface area contributed by atoms with E-state index < -0.39 is 0 Å². The van der Waals surface area contributed by atoms with E-state index in [1.54, 1.807) is 0 Å². The Kier molecular flexibility index (Phi) is 6.45. The maximum atomic E-state index is 8.92. The highest BCUT2D eigenvalue weighted by molar-refractivity contribution is 5.60. The summed E-state index contributed by atoms with van der Waals surface area (Å²) in [6.07, 6.45) is 7.44. The van der Waals surface area contributed by atoms with Crippen LogP contribution in [0.25, 0.3) is 11.5 Å². The second kappa shape index (κ2) is 8.95. The zero-order chi connectivity index (χ0) is 22.1. The molecule has 1 aliphatic carbocycles. The molecule has 1 fully saturated rings. The molecule has 0 amide bonds. The molecule has 1 aromatic carbocycles. The summed E-state index contributed by atoms with van der Waals surface area (Å²) in [5.41, 5.74) is 4.40. The van der Waals surface area contributed by atoms with Crippen LogP contribution in [0, 0.1) is 0 Å². The highest BCUT2D eigenvalue weighted by Crippen LogP contribution is 2.46. The van der Waals surface area contributed by atoms with E-state index in [4.69, 9.17) is 14.5 Å². The molecule has 1 saturated heterocycles. The molecule has 1 N–H and O–H groups in total. The number of hydrogen-bond donors (Lipinski definition) is 1. The first kappa shape index (κ1) is 22.3. The van der Waals surface area contributed by atoms with Gasteiger partial charge in [-0.3, -0.25) is 4.90 Å². The lowest BCUT2D eigenvalue weighted by Gasteiger charge is -2.42. The number of hydrogen-bond acceptors (Lipinski definition) is 5. The third-order valence-electron chi connectivity index (χ3n) is 7.42. The summed E-state index contributed by atoms with van der Waals surface area (Å²) in [7, 11) is 0. The number of aliphatic hydroxyl groups excluding tert-OH is 1. The van der Waals surface area contributed by atoms with Gasteiger partial charge in [-0.15, -0.1) is 0 Å². The van der Waals surface area contributed by atoms with Gasteiger partial charge in [-0.1, -0.05) is 33.8 Å². The average molecular weight is 426 g/mol. The van der Waals surface area contributed by atoms with Gasteiger partial charge in [0.15, 0.2) is 5.82 Å². The van der Waals surface area contributed by atoms with Crippen molar-refractivity contribution in [3.05, 3.63) is 35.6 Å². The molecular formula is C26H39N3O2. The SMILES string of the molecule is CC1(C)CCC(C)(C)c2cc(-c3nc(N4CCN(CCCCCO)CC4)co3)ccc21. The highest BCUT2D eigenvalue weighted by Gasteiger charge is 2.37. The molecule has 1 aliphatic heterocycles. The molecule has 4 rings (SSSR count). The summed E-state index contributed by atoms with van der Waals surface area (Å²) < 4.78 is 5.94. The Bertz CT molecular complexity index is 879. The first-order valence-corrected chi connectivity index (χ1v) is 12.0. The number of oxazole rings is 1. The third-order valence-corrected chi connectivity index (χ3v) is 7.42. The van der Waals surface area contributed by atoms with Crippen molar-refractivity contribution in [3.8, 4) is 11.5 Å². The van der Waals surface area contributed by atoms with Crippen molar-refractivity contribution >= 4 is 5.82 Å². The van der Waals surface area contributed by atoms with Crippen molar-refractivity contribution in [2.45, 2.75) is 70.6 Å². The lowest BCUT2D eigenvalue weighted by Crippen LogP contribution is -2.46. The summed E-state index contributed by atoms with van der Waals surface area (Å²) >= 11 is 0. The Balaban J connectivity index is 1.43. The van der Waals surface area contributed by atoms with Gasteiger partial charge in [0.1, 0.15) is 6.26 Å². The first-order valence-electron chi connectivity index (χ1n) is 12.0. The third kappa shape index (κ3) is 4.83. The maximum Gasteiger partial charge on any atom is 0.227 e. The molecule has 2 aromatic rings. The Morgan fingerprint density at radius 2 is 1.65 bits per heavy atom. The lowest BCUT2D eigenvalue weighted by molar-refractivity contribution is 0.242. The van der Waals surface area contributed by atoms with Crippen LogP contribution in [0.15, 0.2) is 28.9 Å². The molecule has 2 aliphatic rings. The van der Waals surface area contributed by atoms with E-state index in [0.29, 0.717) is 6.61 Å². The molecule has 31 heavy (non-hydrogen) atoms. The molecule has 0 bridgehead atoms. The van der Waals surface area contributed by atoms with E-state index in [0.717, 1.165) is 62.8 Å². The molecule has 170 valence electrons. The summed E-state index contributed by atoms with van der Waals surface area (Å²) in [6.45, 7) is 14.9. The topological polar surface area (TPSA) is 52.7 Å². The Hall–Kier alpha value is -1.85. The van der Waals surface area contributed by atoms with Crippen LogP contribution in [0.2, 0.25) is 0 Å². The van der Waals surface area contributed by atoms with Gasteiger partial charge in [-0.2, -0.15) is 4.98 Å². The van der Waals surface area contributed by atoms with Crippen molar-refractivity contribution < 1.29 is 9.52 Å². The fraction of sp³-hybridized carbons (Fsp3) is 0.654. The quantitative estimate of drug-likeness (QED) is 0.635. The van der Waals surface area contributed by atoms with Crippen LogP contribution in [0.3, 0.4) is 0 Å². The van der Waals surface area contributed by atoms with E-state index in [9.17, 15) is 0 Å². The number of anilines is 1. The smallest absolute Gasteiger partial charge is 0.227 e. The van der Waals surface area contributed by atoms with Gasteiger partial charge in [0, 0.05) is 38.3 Å². The molecule has 0 atom stereocenters. The minimum absolute atomic E-state index is 0.184. The van der Waals surface area contributed by atoms with Gasteiger partial charge in [0.05, 0.1) is 0 Å². The van der Waals surface area contributed by atoms with Crippen LogP contribution >= 0.6 is 0 Å². The van der Waals surface area contributed by atoms with Crippen LogP contribution in [0.5, 0.6) is 0 Å². The zero-order valence-corrected chi connectivity index (χ0v) is 19.8. The summed E-state index contributed by atoms with van der Waals surface area (Å²) in [6, 6.07) is 6.79. The number of aromatic nitrogens is 1. The van der Waals surface area contributed by atoms with Crippen molar-refractivity contribution in [1.29, 1.82) is 0 Å². The van der Waals surface area contributed by atoms with Gasteiger partial charge in [0.25, 0.3) is 0 Å². The van der Waals surface area contributed by atoms with Gasteiger partial charge >= 0.3 is 0 Å². The number of rotatable bonds is 7. The molecule has 5 nitrogen and oxygen atoms in total. The fourth-order valence-corrected chi connectivity index (χ4v) is 5.09. The average Bonchev–Trinajstić information content (AvgIpc) is 3.25. The van der Waals surface area contributed by atoms with Crippen LogP contribution in [-0.4, -0.2) is 54.3 Å². The maximum absolute atomic E-state index is 8.92. The predicted molar refractivity (Wildman–Crippen MR) is 127 cm³/mol. The van der Waals surface area contributed by atoms with Crippen LogP contribution < -0.4 is 4.90 Å². The summed E-state index contributed by atoms with van der Waals surface area (Å²) in [4.78, 5) is 9.71. The molecular weight excluding hydrogens is 386 g/mol. The molecule has 0 saturated carbocycles. The molecule has 5 heteroatoms. The van der Waals surface area contributed by atoms with Crippen molar-refractivity contribution in [1.82, 2.24) is 9.88 Å². The second-order valence-electron chi connectivity index (χ2n) is 10.7. The van der Waals surface area contributed by atoms with E-state index in [1.165, 1.54) is 30.4 Å². The lowest BCUT2D eigenvalue weighted by atomic mass is 9.63. The van der Waals surface area contributed by atoms with Gasteiger partial charge in [-0.25, -0.2) is 0 Å². The largest absolute Gasteiger partial charge is 0.442 e. The summed E-state index contributed by atoms with van der Waals surface area (Å²) in [5, 5.41) is 8.92. The molecule has 0 unspecified atom stereocenters. The van der Waals surface area contributed by atoms with Crippen LogP contribution in [0.1, 0.15) is 70.9 Å². The van der Waals surface area contributed by atoms with Crippen molar-refractivity contribution in [2.24, 2.45) is 0 Å². The summed E-state index contributed by atoms with van der Waals surface area (Å²) in [5.74, 6) is 1.68. The van der Waals surface area contributed by atoms with E-state index in [-0.39, 0.29) is 10.8 Å². The molecule has 1 aromatic heterocycles. The Labute approximate surface area is 187 Å². The fourth-order valence-electron chi connectivity index (χ4n) is 5.09. The second-order valence-corrected chi connectivity index (χ2v) is 10.7. The van der Waals surface area contributed by atoms with E-state index >= 15 is 0 Å². The Morgan fingerprint density at radius 1 is 0.935 bits per heavy atom. The molecule has 0 spiro atoms. The van der Waals surface area contributed by atoms with E-state index in [1.807, 2.05) is 6.26 Å². The number of unbranched alkanes of at least 4 members (excludes halogenated alkanes) is 2. The number of piperazine rings is 1. The number of nitrogens with zero attached hydrogens (tertiary/aromatic N) is 3. The standard InChI is InChI=1S/C26H39N3O2/c1-25(2)10-11-26(3,4)22-18-20(8-9-21(22)25)24-27-23(19-31-24)29-15-13-28(14-16-29)12-6-5-7-17-30/h8-9,18-19,30H,5-7,10-17H2,1-4H3. The first-order chi connectivity index (χ1) is 14.8. The molecule has 0 radical (unpaired) electrons. The minimum atomic E-state index is 0.184. The van der Waals surface area contributed by atoms with Gasteiger partial charge < -0.3 is 14.4 Å². The molecule has 2 heterocycles. The van der Waals surface area contributed by atoms with Crippen molar-refractivity contribution in [2.75, 3.05) is 44.2 Å². The van der Waals surface area contributed by atoms with Crippen molar-refractivity contribution in [3.63, 3.8) is 0 Å². The Morgan fingerprint density at radius 3 is 2.35 bits per heavy atom. The number of aliphatic hydroxyl groups is 1. The van der Waals surface area contributed by atoms with E-state index in [2.05, 4.69) is 55.7 Å².